The fourth-order valence-corrected chi connectivity index (χ4v) is 4.36. The van der Waals surface area contributed by atoms with Crippen LogP contribution in [0.4, 0.5) is 11.5 Å². The maximum Gasteiger partial charge on any atom is 0.276 e. The number of hydrogen-bond donors (Lipinski definition) is 1. The van der Waals surface area contributed by atoms with Crippen molar-refractivity contribution in [3.05, 3.63) is 65.1 Å². The second-order valence-corrected chi connectivity index (χ2v) is 7.75. The van der Waals surface area contributed by atoms with Crippen LogP contribution in [0.5, 0.6) is 5.75 Å². The zero-order valence-electron chi connectivity index (χ0n) is 17.5. The third-order valence-electron chi connectivity index (χ3n) is 6.09. The molecule has 1 amide bonds. The summed E-state index contributed by atoms with van der Waals surface area (Å²) in [7, 11) is 1.60. The van der Waals surface area contributed by atoms with Gasteiger partial charge in [-0.25, -0.2) is 15.4 Å². The van der Waals surface area contributed by atoms with Gasteiger partial charge < -0.3 is 14.2 Å². The van der Waals surface area contributed by atoms with Crippen molar-refractivity contribution in [1.29, 1.82) is 0 Å². The van der Waals surface area contributed by atoms with Crippen LogP contribution >= 0.6 is 0 Å². The standard InChI is InChI=1S/C23H25N5O2/c1-15-20-14-25-28(21-13-19(30-3)8-9-24-21)23(29)22(20)16(2)27(15)18-7-4-6-17(12-18)26-10-5-11-26/h4,6-9,12-13,25H,5,10-11,14H2,1-3H3. The second kappa shape index (κ2) is 7.18. The molecule has 0 saturated carbocycles. The smallest absolute Gasteiger partial charge is 0.276 e. The third-order valence-corrected chi connectivity index (χ3v) is 6.09. The summed E-state index contributed by atoms with van der Waals surface area (Å²) in [6.07, 6.45) is 2.89. The Morgan fingerprint density at radius 3 is 2.60 bits per heavy atom. The Morgan fingerprint density at radius 1 is 1.07 bits per heavy atom. The normalized spacial score (nSPS) is 15.8. The molecule has 0 bridgehead atoms. The molecule has 1 N–H and O–H groups in total. The molecular weight excluding hydrogens is 378 g/mol. The number of methoxy groups -OCH3 is 1. The van der Waals surface area contributed by atoms with Gasteiger partial charge in [0.15, 0.2) is 5.82 Å². The molecule has 1 aromatic carbocycles. The Labute approximate surface area is 175 Å². The number of hydrazine groups is 1. The lowest BCUT2D eigenvalue weighted by Gasteiger charge is -2.33. The Bertz CT molecular complexity index is 1130. The summed E-state index contributed by atoms with van der Waals surface area (Å²) in [5, 5.41) is 1.51. The van der Waals surface area contributed by atoms with Gasteiger partial charge in [0, 0.05) is 60.2 Å². The van der Waals surface area contributed by atoms with E-state index in [0.29, 0.717) is 18.1 Å². The van der Waals surface area contributed by atoms with E-state index >= 15 is 0 Å². The van der Waals surface area contributed by atoms with Crippen molar-refractivity contribution in [2.75, 3.05) is 30.1 Å². The van der Waals surface area contributed by atoms with E-state index in [4.69, 9.17) is 4.74 Å². The van der Waals surface area contributed by atoms with Gasteiger partial charge in [0.2, 0.25) is 0 Å². The van der Waals surface area contributed by atoms with E-state index in [1.165, 1.54) is 17.1 Å². The molecular formula is C23H25N5O2. The number of aromatic nitrogens is 2. The highest BCUT2D eigenvalue weighted by atomic mass is 16.5. The van der Waals surface area contributed by atoms with Gasteiger partial charge in [-0.2, -0.15) is 0 Å². The van der Waals surface area contributed by atoms with Crippen molar-refractivity contribution < 1.29 is 9.53 Å². The minimum absolute atomic E-state index is 0.102. The highest BCUT2D eigenvalue weighted by Crippen LogP contribution is 2.33. The number of anilines is 2. The van der Waals surface area contributed by atoms with E-state index in [-0.39, 0.29) is 5.91 Å². The van der Waals surface area contributed by atoms with Crippen LogP contribution in [-0.2, 0) is 6.54 Å². The van der Waals surface area contributed by atoms with Crippen molar-refractivity contribution in [3.8, 4) is 11.4 Å². The third kappa shape index (κ3) is 2.85. The first-order valence-corrected chi connectivity index (χ1v) is 10.2. The average molecular weight is 403 g/mol. The number of amides is 1. The number of carbonyl (C=O) groups excluding carboxylic acids is 1. The first-order valence-electron chi connectivity index (χ1n) is 10.2. The molecule has 2 aliphatic heterocycles. The molecule has 7 heteroatoms. The number of nitrogens with one attached hydrogen (secondary N) is 1. The molecule has 0 unspecified atom stereocenters. The number of nitrogens with zero attached hydrogens (tertiary/aromatic N) is 4. The summed E-state index contributed by atoms with van der Waals surface area (Å²) in [6, 6.07) is 12.1. The van der Waals surface area contributed by atoms with E-state index in [2.05, 4.69) is 51.1 Å². The molecule has 0 spiro atoms. The number of carbonyl (C=O) groups is 1. The lowest BCUT2D eigenvalue weighted by atomic mass is 10.1. The van der Waals surface area contributed by atoms with Crippen molar-refractivity contribution in [2.45, 2.75) is 26.8 Å². The average Bonchev–Trinajstić information content (AvgIpc) is 2.98. The minimum Gasteiger partial charge on any atom is -0.497 e. The molecule has 4 heterocycles. The van der Waals surface area contributed by atoms with Gasteiger partial charge >= 0.3 is 0 Å². The predicted octanol–water partition coefficient (Wildman–Crippen LogP) is 3.37. The summed E-state index contributed by atoms with van der Waals surface area (Å²) in [4.78, 5) is 20.2. The van der Waals surface area contributed by atoms with Crippen LogP contribution in [0, 0.1) is 13.8 Å². The molecule has 7 nitrogen and oxygen atoms in total. The van der Waals surface area contributed by atoms with E-state index in [0.717, 1.165) is 41.3 Å². The monoisotopic (exact) mass is 403 g/mol. The molecule has 1 fully saturated rings. The number of benzene rings is 1. The van der Waals surface area contributed by atoms with E-state index < -0.39 is 0 Å². The lowest BCUT2D eigenvalue weighted by Crippen LogP contribution is -2.47. The number of ether oxygens (including phenoxy) is 1. The molecule has 3 aromatic rings. The zero-order valence-corrected chi connectivity index (χ0v) is 17.5. The molecule has 1 saturated heterocycles. The van der Waals surface area contributed by atoms with Gasteiger partial charge in [-0.05, 0) is 44.5 Å². The number of pyridine rings is 1. The largest absolute Gasteiger partial charge is 0.497 e. The van der Waals surface area contributed by atoms with Crippen LogP contribution in [0.1, 0.15) is 33.7 Å². The van der Waals surface area contributed by atoms with Crippen LogP contribution in [0.25, 0.3) is 5.69 Å². The van der Waals surface area contributed by atoms with Crippen molar-refractivity contribution in [1.82, 2.24) is 15.0 Å². The minimum atomic E-state index is -0.102. The first kappa shape index (κ1) is 18.7. The summed E-state index contributed by atoms with van der Waals surface area (Å²) >= 11 is 0. The van der Waals surface area contributed by atoms with E-state index in [1.54, 1.807) is 25.4 Å². The molecule has 2 aromatic heterocycles. The highest BCUT2D eigenvalue weighted by Gasteiger charge is 2.33. The van der Waals surface area contributed by atoms with Crippen LogP contribution in [-0.4, -0.2) is 35.7 Å². The zero-order chi connectivity index (χ0) is 20.8. The van der Waals surface area contributed by atoms with Crippen LogP contribution < -0.4 is 20.1 Å². The fourth-order valence-electron chi connectivity index (χ4n) is 4.36. The lowest BCUT2D eigenvalue weighted by molar-refractivity contribution is 0.0962. The number of fused-ring (bicyclic) bond motifs is 1. The maximum absolute atomic E-state index is 13.4. The fraction of sp³-hybridized carbons (Fsp3) is 0.304. The SMILES string of the molecule is COc1ccnc(N2NCc3c(c(C)n(-c4cccc(N5CCC5)c4)c3C)C2=O)c1. The van der Waals surface area contributed by atoms with Crippen LogP contribution in [0.2, 0.25) is 0 Å². The van der Waals surface area contributed by atoms with E-state index in [1.807, 2.05) is 6.92 Å². The predicted molar refractivity (Wildman–Crippen MR) is 117 cm³/mol. The summed E-state index contributed by atoms with van der Waals surface area (Å²) < 4.78 is 7.48. The van der Waals surface area contributed by atoms with Gasteiger partial charge in [0.1, 0.15) is 5.75 Å². The maximum atomic E-state index is 13.4. The van der Waals surface area contributed by atoms with Crippen molar-refractivity contribution in [3.63, 3.8) is 0 Å². The molecule has 5 rings (SSSR count). The van der Waals surface area contributed by atoms with Gasteiger partial charge in [-0.1, -0.05) is 6.07 Å². The Balaban J connectivity index is 1.55. The summed E-state index contributed by atoms with van der Waals surface area (Å²) in [5.41, 5.74) is 9.34. The Kier molecular flexibility index (Phi) is 4.47. The van der Waals surface area contributed by atoms with Gasteiger partial charge in [0.25, 0.3) is 5.91 Å². The second-order valence-electron chi connectivity index (χ2n) is 7.75. The molecule has 0 aliphatic carbocycles. The molecule has 0 radical (unpaired) electrons. The van der Waals surface area contributed by atoms with Crippen LogP contribution in [0.3, 0.4) is 0 Å². The number of hydrogen-bond acceptors (Lipinski definition) is 5. The Hall–Kier alpha value is -3.32. The summed E-state index contributed by atoms with van der Waals surface area (Å²) in [6.45, 7) is 6.87. The first-order chi connectivity index (χ1) is 14.6. The molecule has 0 atom stereocenters. The van der Waals surface area contributed by atoms with Crippen molar-refractivity contribution in [2.24, 2.45) is 0 Å². The quantitative estimate of drug-likeness (QED) is 0.724. The molecule has 2 aliphatic rings. The topological polar surface area (TPSA) is 62.6 Å². The summed E-state index contributed by atoms with van der Waals surface area (Å²) in [5.74, 6) is 1.08. The Morgan fingerprint density at radius 2 is 1.87 bits per heavy atom. The highest BCUT2D eigenvalue weighted by molar-refractivity contribution is 6.08. The van der Waals surface area contributed by atoms with E-state index in [9.17, 15) is 4.79 Å². The molecule has 154 valence electrons. The molecule has 30 heavy (non-hydrogen) atoms. The van der Waals surface area contributed by atoms with Gasteiger partial charge in [-0.3, -0.25) is 4.79 Å². The van der Waals surface area contributed by atoms with Gasteiger partial charge in [-0.15, -0.1) is 0 Å². The van der Waals surface area contributed by atoms with Crippen molar-refractivity contribution >= 4 is 17.4 Å². The van der Waals surface area contributed by atoms with Crippen LogP contribution in [0.15, 0.2) is 42.6 Å². The number of rotatable bonds is 4. The van der Waals surface area contributed by atoms with Gasteiger partial charge in [0.05, 0.1) is 12.7 Å².